The summed E-state index contributed by atoms with van der Waals surface area (Å²) < 4.78 is 32.9. The molecule has 2 rings (SSSR count). The van der Waals surface area contributed by atoms with Crippen LogP contribution in [0, 0.1) is 6.92 Å². The van der Waals surface area contributed by atoms with Gasteiger partial charge < -0.3 is 4.74 Å². The number of benzene rings is 2. The van der Waals surface area contributed by atoms with Gasteiger partial charge in [0.25, 0.3) is 10.0 Å². The van der Waals surface area contributed by atoms with Crippen LogP contribution in [0.1, 0.15) is 19.4 Å². The highest BCUT2D eigenvalue weighted by molar-refractivity contribution is 7.92. The van der Waals surface area contributed by atoms with E-state index >= 15 is 0 Å². The summed E-state index contributed by atoms with van der Waals surface area (Å²) in [5, 5.41) is 0.381. The number of halogens is 1. The monoisotopic (exact) mass is 339 g/mol. The molecule has 0 radical (unpaired) electrons. The van der Waals surface area contributed by atoms with Crippen LogP contribution in [0.2, 0.25) is 5.02 Å². The van der Waals surface area contributed by atoms with E-state index in [1.165, 1.54) is 6.07 Å². The van der Waals surface area contributed by atoms with Gasteiger partial charge in [-0.15, -0.1) is 0 Å². The first-order valence-corrected chi connectivity index (χ1v) is 8.70. The van der Waals surface area contributed by atoms with E-state index in [-0.39, 0.29) is 11.0 Å². The van der Waals surface area contributed by atoms with Gasteiger partial charge in [-0.05, 0) is 62.7 Å². The number of ether oxygens (including phenoxy) is 1. The first-order chi connectivity index (χ1) is 10.3. The molecule has 2 aromatic carbocycles. The third kappa shape index (κ3) is 4.15. The Morgan fingerprint density at radius 2 is 1.73 bits per heavy atom. The highest BCUT2D eigenvalue weighted by Gasteiger charge is 2.17. The Labute approximate surface area is 136 Å². The minimum atomic E-state index is -3.68. The van der Waals surface area contributed by atoms with Crippen LogP contribution in [0.5, 0.6) is 5.75 Å². The molecule has 0 saturated heterocycles. The molecule has 0 bridgehead atoms. The van der Waals surface area contributed by atoms with E-state index in [1.807, 2.05) is 13.8 Å². The van der Waals surface area contributed by atoms with Crippen molar-refractivity contribution in [1.29, 1.82) is 0 Å². The molecule has 0 unspecified atom stereocenters. The van der Waals surface area contributed by atoms with Crippen LogP contribution in [0.15, 0.2) is 47.4 Å². The Bertz CT molecular complexity index is 755. The number of anilines is 1. The zero-order valence-corrected chi connectivity index (χ0v) is 14.2. The van der Waals surface area contributed by atoms with Gasteiger partial charge in [0.15, 0.2) is 0 Å². The third-order valence-electron chi connectivity index (χ3n) is 2.92. The Balaban J connectivity index is 2.23. The topological polar surface area (TPSA) is 55.4 Å². The van der Waals surface area contributed by atoms with Gasteiger partial charge >= 0.3 is 0 Å². The van der Waals surface area contributed by atoms with Gasteiger partial charge in [-0.1, -0.05) is 17.7 Å². The first kappa shape index (κ1) is 16.6. The fraction of sp³-hybridized carbons (Fsp3) is 0.250. The lowest BCUT2D eigenvalue weighted by Gasteiger charge is -2.12. The summed E-state index contributed by atoms with van der Waals surface area (Å²) in [6, 6.07) is 11.6. The van der Waals surface area contributed by atoms with Crippen molar-refractivity contribution < 1.29 is 13.2 Å². The summed E-state index contributed by atoms with van der Waals surface area (Å²) in [7, 11) is -3.68. The van der Waals surface area contributed by atoms with Gasteiger partial charge in [-0.3, -0.25) is 4.72 Å². The normalized spacial score (nSPS) is 11.5. The zero-order chi connectivity index (χ0) is 16.3. The molecule has 0 spiro atoms. The van der Waals surface area contributed by atoms with Crippen molar-refractivity contribution in [2.24, 2.45) is 0 Å². The van der Waals surface area contributed by atoms with Crippen molar-refractivity contribution in [3.8, 4) is 5.75 Å². The fourth-order valence-corrected chi connectivity index (χ4v) is 3.51. The second kappa shape index (κ2) is 6.58. The molecule has 0 aromatic heterocycles. The van der Waals surface area contributed by atoms with Crippen molar-refractivity contribution in [2.75, 3.05) is 4.72 Å². The number of sulfonamides is 1. The number of nitrogens with one attached hydrogen (secondary N) is 1. The largest absolute Gasteiger partial charge is 0.491 e. The third-order valence-corrected chi connectivity index (χ3v) is 4.68. The van der Waals surface area contributed by atoms with Crippen molar-refractivity contribution >= 4 is 27.3 Å². The number of rotatable bonds is 5. The Kier molecular flexibility index (Phi) is 4.98. The standard InChI is InChI=1S/C16H18ClNO3S/c1-11(2)21-15-8-6-14(7-9-15)18-22(19,20)16-10-13(17)5-4-12(16)3/h4-11,18H,1-3H3. The van der Waals surface area contributed by atoms with E-state index in [1.54, 1.807) is 43.3 Å². The quantitative estimate of drug-likeness (QED) is 0.886. The smallest absolute Gasteiger partial charge is 0.262 e. The highest BCUT2D eigenvalue weighted by Crippen LogP contribution is 2.24. The summed E-state index contributed by atoms with van der Waals surface area (Å²) in [5.74, 6) is 0.692. The molecule has 0 aliphatic carbocycles. The molecule has 0 amide bonds. The van der Waals surface area contributed by atoms with Crippen LogP contribution in [0.25, 0.3) is 0 Å². The van der Waals surface area contributed by atoms with E-state index in [0.29, 0.717) is 22.0 Å². The maximum atomic E-state index is 12.4. The minimum Gasteiger partial charge on any atom is -0.491 e. The van der Waals surface area contributed by atoms with Gasteiger partial charge in [0.2, 0.25) is 0 Å². The van der Waals surface area contributed by atoms with Crippen LogP contribution >= 0.6 is 11.6 Å². The van der Waals surface area contributed by atoms with Gasteiger partial charge in [-0.2, -0.15) is 0 Å². The lowest BCUT2D eigenvalue weighted by Crippen LogP contribution is -2.14. The second-order valence-electron chi connectivity index (χ2n) is 5.21. The number of hydrogen-bond donors (Lipinski definition) is 1. The molecule has 6 heteroatoms. The minimum absolute atomic E-state index is 0.0663. The van der Waals surface area contributed by atoms with E-state index < -0.39 is 10.0 Å². The van der Waals surface area contributed by atoms with Gasteiger partial charge in [0.05, 0.1) is 11.0 Å². The average molecular weight is 340 g/mol. The maximum Gasteiger partial charge on any atom is 0.262 e. The van der Waals surface area contributed by atoms with E-state index in [2.05, 4.69) is 4.72 Å². The van der Waals surface area contributed by atoms with Crippen molar-refractivity contribution in [2.45, 2.75) is 31.8 Å². The molecule has 22 heavy (non-hydrogen) atoms. The van der Waals surface area contributed by atoms with E-state index in [4.69, 9.17) is 16.3 Å². The van der Waals surface area contributed by atoms with Crippen LogP contribution in [-0.2, 0) is 10.0 Å². The van der Waals surface area contributed by atoms with Crippen molar-refractivity contribution in [3.05, 3.63) is 53.1 Å². The van der Waals surface area contributed by atoms with Crippen LogP contribution in [0.4, 0.5) is 5.69 Å². The zero-order valence-electron chi connectivity index (χ0n) is 12.6. The van der Waals surface area contributed by atoms with Crippen LogP contribution < -0.4 is 9.46 Å². The molecule has 0 atom stereocenters. The molecule has 1 N–H and O–H groups in total. The SMILES string of the molecule is Cc1ccc(Cl)cc1S(=O)(=O)Nc1ccc(OC(C)C)cc1. The van der Waals surface area contributed by atoms with Crippen molar-refractivity contribution in [3.63, 3.8) is 0 Å². The molecule has 0 heterocycles. The summed E-state index contributed by atoms with van der Waals surface area (Å²) in [6.45, 7) is 5.58. The maximum absolute atomic E-state index is 12.4. The molecule has 2 aromatic rings. The predicted molar refractivity (Wildman–Crippen MR) is 89.2 cm³/mol. The van der Waals surface area contributed by atoms with Crippen molar-refractivity contribution in [1.82, 2.24) is 0 Å². The number of hydrogen-bond acceptors (Lipinski definition) is 3. The predicted octanol–water partition coefficient (Wildman–Crippen LogP) is 4.24. The fourth-order valence-electron chi connectivity index (χ4n) is 1.95. The molecule has 0 aliphatic heterocycles. The lowest BCUT2D eigenvalue weighted by atomic mass is 10.2. The molecule has 4 nitrogen and oxygen atoms in total. The van der Waals surface area contributed by atoms with Crippen LogP contribution in [0.3, 0.4) is 0 Å². The molecule has 0 saturated carbocycles. The van der Waals surface area contributed by atoms with E-state index in [0.717, 1.165) is 0 Å². The lowest BCUT2D eigenvalue weighted by molar-refractivity contribution is 0.242. The average Bonchev–Trinajstić information content (AvgIpc) is 2.43. The second-order valence-corrected chi connectivity index (χ2v) is 7.29. The molecule has 0 fully saturated rings. The van der Waals surface area contributed by atoms with Crippen LogP contribution in [-0.4, -0.2) is 14.5 Å². The summed E-state index contributed by atoms with van der Waals surface area (Å²) in [4.78, 5) is 0.169. The summed E-state index contributed by atoms with van der Waals surface area (Å²) >= 11 is 5.89. The molecule has 118 valence electrons. The molecular formula is C16H18ClNO3S. The first-order valence-electron chi connectivity index (χ1n) is 6.83. The summed E-state index contributed by atoms with van der Waals surface area (Å²) in [6.07, 6.45) is 0.0663. The molecular weight excluding hydrogens is 322 g/mol. The molecule has 0 aliphatic rings. The number of aryl methyl sites for hydroxylation is 1. The Morgan fingerprint density at radius 3 is 2.32 bits per heavy atom. The Morgan fingerprint density at radius 1 is 1.09 bits per heavy atom. The highest BCUT2D eigenvalue weighted by atomic mass is 35.5. The van der Waals surface area contributed by atoms with E-state index in [9.17, 15) is 8.42 Å². The van der Waals surface area contributed by atoms with Gasteiger partial charge in [0.1, 0.15) is 5.75 Å². The summed E-state index contributed by atoms with van der Waals surface area (Å²) in [5.41, 5.74) is 1.10. The Hall–Kier alpha value is -1.72. The van der Waals surface area contributed by atoms with Gasteiger partial charge in [0, 0.05) is 10.7 Å². The van der Waals surface area contributed by atoms with Gasteiger partial charge in [-0.25, -0.2) is 8.42 Å².